The van der Waals surface area contributed by atoms with Crippen LogP contribution in [0.5, 0.6) is 0 Å². The van der Waals surface area contributed by atoms with Gasteiger partial charge in [0.25, 0.3) is 0 Å². The average Bonchev–Trinajstić information content (AvgIpc) is 1.95. The second-order valence-electron chi connectivity index (χ2n) is 5.32. The van der Waals surface area contributed by atoms with Gasteiger partial charge in [-0.1, -0.05) is 17.7 Å². The molecule has 0 aromatic heterocycles. The number of benzene rings is 1. The summed E-state index contributed by atoms with van der Waals surface area (Å²) in [6, 6.07) is 4.61. The molecule has 0 N–H and O–H groups in total. The average molecular weight is 209 g/mol. The van der Waals surface area contributed by atoms with E-state index in [1.54, 1.807) is 5.30 Å². The van der Waals surface area contributed by atoms with Gasteiger partial charge in [0.15, 0.2) is 0 Å². The van der Waals surface area contributed by atoms with Crippen LogP contribution in [0.3, 0.4) is 0 Å². The van der Waals surface area contributed by atoms with Gasteiger partial charge >= 0.3 is 0 Å². The Morgan fingerprint density at radius 3 is 1.71 bits per heavy atom. The van der Waals surface area contributed by atoms with E-state index in [0.717, 1.165) is 0 Å². The van der Waals surface area contributed by atoms with E-state index in [1.165, 1.54) is 16.7 Å². The molecule has 0 radical (unpaired) electrons. The topological polar surface area (TPSA) is 0 Å². The normalized spacial score (nSPS) is 12.7. The summed E-state index contributed by atoms with van der Waals surface area (Å²) < 4.78 is 0. The van der Waals surface area contributed by atoms with Crippen molar-refractivity contribution < 1.29 is 0 Å². The standard InChI is InChI=1S/C13H21P/c1-9-7-10(2)12(11(3)8-9)14-13(4,5)6/h7-8,14H,1-6H3/p+1. The summed E-state index contributed by atoms with van der Waals surface area (Å²) in [6.07, 6.45) is 0. The van der Waals surface area contributed by atoms with Crippen molar-refractivity contribution in [3.05, 3.63) is 28.8 Å². The maximum atomic E-state index is 2.33. The second kappa shape index (κ2) is 4.03. The predicted octanol–water partition coefficient (Wildman–Crippen LogP) is 3.45. The zero-order valence-corrected chi connectivity index (χ0v) is 11.4. The zero-order chi connectivity index (χ0) is 10.9. The zero-order valence-electron chi connectivity index (χ0n) is 10.2. The molecule has 1 atom stereocenters. The Kier molecular flexibility index (Phi) is 3.37. The summed E-state index contributed by atoms with van der Waals surface area (Å²) in [5.41, 5.74) is 4.34. The molecule has 0 fully saturated rings. The van der Waals surface area contributed by atoms with Crippen LogP contribution in [0.25, 0.3) is 0 Å². The van der Waals surface area contributed by atoms with Crippen molar-refractivity contribution in [1.82, 2.24) is 0 Å². The lowest BCUT2D eigenvalue weighted by atomic mass is 10.1. The number of rotatable bonds is 1. The minimum Gasteiger partial charge on any atom is -0.0525 e. The van der Waals surface area contributed by atoms with Gasteiger partial charge < -0.3 is 0 Å². The fourth-order valence-corrected chi connectivity index (χ4v) is 3.34. The minimum atomic E-state index is 0.380. The Labute approximate surface area is 89.9 Å². The Morgan fingerprint density at radius 1 is 0.929 bits per heavy atom. The molecule has 0 heterocycles. The van der Waals surface area contributed by atoms with Crippen LogP contribution in [-0.4, -0.2) is 5.16 Å². The van der Waals surface area contributed by atoms with E-state index in [-0.39, 0.29) is 0 Å². The van der Waals surface area contributed by atoms with Crippen LogP contribution in [0.15, 0.2) is 12.1 Å². The van der Waals surface area contributed by atoms with E-state index >= 15 is 0 Å². The first-order valence-corrected chi connectivity index (χ1v) is 6.39. The molecular formula is C13H22P+. The van der Waals surface area contributed by atoms with Gasteiger partial charge in [0, 0.05) is 8.58 Å². The summed E-state index contributed by atoms with van der Waals surface area (Å²) in [6.45, 7) is 13.7. The monoisotopic (exact) mass is 209 g/mol. The van der Waals surface area contributed by atoms with Gasteiger partial charge in [0.05, 0.1) is 10.5 Å². The molecule has 0 aliphatic carbocycles. The lowest BCUT2D eigenvalue weighted by Crippen LogP contribution is -2.16. The first-order valence-electron chi connectivity index (χ1n) is 5.23. The molecule has 14 heavy (non-hydrogen) atoms. The summed E-state index contributed by atoms with van der Waals surface area (Å²) in [5, 5.41) is 2.08. The maximum absolute atomic E-state index is 2.33. The summed E-state index contributed by atoms with van der Waals surface area (Å²) in [4.78, 5) is 0. The van der Waals surface area contributed by atoms with Crippen molar-refractivity contribution in [3.8, 4) is 0 Å². The van der Waals surface area contributed by atoms with Crippen LogP contribution in [0, 0.1) is 20.8 Å². The van der Waals surface area contributed by atoms with Crippen molar-refractivity contribution in [2.45, 2.75) is 46.7 Å². The Balaban J connectivity index is 3.09. The van der Waals surface area contributed by atoms with Crippen molar-refractivity contribution in [2.24, 2.45) is 0 Å². The molecule has 0 bridgehead atoms. The van der Waals surface area contributed by atoms with Crippen LogP contribution < -0.4 is 5.30 Å². The highest BCUT2D eigenvalue weighted by molar-refractivity contribution is 7.49. The molecule has 0 aliphatic heterocycles. The van der Waals surface area contributed by atoms with Gasteiger partial charge in [-0.05, 0) is 52.7 Å². The van der Waals surface area contributed by atoms with Gasteiger partial charge in [-0.25, -0.2) is 0 Å². The van der Waals surface area contributed by atoms with Crippen LogP contribution in [0.2, 0.25) is 0 Å². The Morgan fingerprint density at radius 2 is 1.36 bits per heavy atom. The molecule has 0 amide bonds. The van der Waals surface area contributed by atoms with Crippen LogP contribution in [0.1, 0.15) is 37.5 Å². The minimum absolute atomic E-state index is 0.380. The highest BCUT2D eigenvalue weighted by Gasteiger charge is 2.21. The second-order valence-corrected chi connectivity index (χ2v) is 7.92. The van der Waals surface area contributed by atoms with E-state index < -0.39 is 0 Å². The molecule has 1 aromatic rings. The molecule has 0 saturated carbocycles. The van der Waals surface area contributed by atoms with Crippen molar-refractivity contribution in [2.75, 3.05) is 0 Å². The molecule has 78 valence electrons. The van der Waals surface area contributed by atoms with Gasteiger partial charge in [-0.2, -0.15) is 0 Å². The fourth-order valence-electron chi connectivity index (χ4n) is 1.85. The quantitative estimate of drug-likeness (QED) is 0.621. The van der Waals surface area contributed by atoms with Gasteiger partial charge in [0.2, 0.25) is 0 Å². The van der Waals surface area contributed by atoms with E-state index in [4.69, 9.17) is 0 Å². The van der Waals surface area contributed by atoms with E-state index in [2.05, 4.69) is 53.7 Å². The van der Waals surface area contributed by atoms with Crippen LogP contribution in [0.4, 0.5) is 0 Å². The number of hydrogen-bond donors (Lipinski definition) is 0. The largest absolute Gasteiger partial charge is 0.0953 e. The third kappa shape index (κ3) is 3.10. The van der Waals surface area contributed by atoms with E-state index in [1.807, 2.05) is 0 Å². The Hall–Kier alpha value is -0.350. The molecule has 0 nitrogen and oxygen atoms in total. The smallest absolute Gasteiger partial charge is 0.0525 e. The summed E-state index contributed by atoms with van der Waals surface area (Å²) in [5.74, 6) is 0. The Bertz CT molecular complexity index is 309. The van der Waals surface area contributed by atoms with Crippen LogP contribution >= 0.6 is 8.58 Å². The van der Waals surface area contributed by atoms with Gasteiger partial charge in [0.1, 0.15) is 0 Å². The number of hydrogen-bond acceptors (Lipinski definition) is 0. The SMILES string of the molecule is Cc1cc(C)c([PH2+]C(C)(C)C)c(C)c1. The third-order valence-electron chi connectivity index (χ3n) is 2.32. The highest BCUT2D eigenvalue weighted by Crippen LogP contribution is 2.32. The molecule has 0 aliphatic rings. The van der Waals surface area contributed by atoms with Crippen LogP contribution in [-0.2, 0) is 0 Å². The molecule has 0 saturated heterocycles. The molecule has 1 rings (SSSR count). The van der Waals surface area contributed by atoms with Crippen molar-refractivity contribution >= 4 is 13.9 Å². The predicted molar refractivity (Wildman–Crippen MR) is 69.8 cm³/mol. The summed E-state index contributed by atoms with van der Waals surface area (Å²) >= 11 is 0. The first-order chi connectivity index (χ1) is 6.29. The molecule has 0 spiro atoms. The number of aryl methyl sites for hydroxylation is 3. The van der Waals surface area contributed by atoms with Gasteiger partial charge in [-0.15, -0.1) is 0 Å². The fraction of sp³-hybridized carbons (Fsp3) is 0.538. The summed E-state index contributed by atoms with van der Waals surface area (Å²) in [7, 11) is 0.380. The van der Waals surface area contributed by atoms with E-state index in [0.29, 0.717) is 13.7 Å². The lowest BCUT2D eigenvalue weighted by molar-refractivity contribution is 0.799. The molecular weight excluding hydrogens is 187 g/mol. The maximum Gasteiger partial charge on any atom is 0.0953 e. The highest BCUT2D eigenvalue weighted by atomic mass is 31.1. The van der Waals surface area contributed by atoms with Crippen molar-refractivity contribution in [3.63, 3.8) is 0 Å². The molecule has 1 unspecified atom stereocenters. The third-order valence-corrected chi connectivity index (χ3v) is 4.38. The van der Waals surface area contributed by atoms with Crippen molar-refractivity contribution in [1.29, 1.82) is 0 Å². The molecule has 1 aromatic carbocycles. The van der Waals surface area contributed by atoms with E-state index in [9.17, 15) is 0 Å². The first kappa shape index (κ1) is 11.7. The van der Waals surface area contributed by atoms with Gasteiger partial charge in [-0.3, -0.25) is 0 Å². The lowest BCUT2D eigenvalue weighted by Gasteiger charge is -2.15. The molecule has 1 heteroatoms.